The standard InChI is InChI=1S/C32H34N4O2/c1-4-21-12-22-14-23(13-21)16-26(15-22)35-32(37)29-7-5-6-28(36-29)25-9-8-24-10-11-30(38-3)31(27(24)17-25)34-19-20(2)18-33/h5-12,17,22-23,26,34H,2,4,13-16,19H2,1,3H3,(H,35,37). The van der Waals surface area contributed by atoms with E-state index >= 15 is 0 Å². The first-order chi connectivity index (χ1) is 18.5. The molecule has 194 valence electrons. The minimum absolute atomic E-state index is 0.114. The van der Waals surface area contributed by atoms with Crippen LogP contribution in [0.15, 0.2) is 72.3 Å². The van der Waals surface area contributed by atoms with Crippen molar-refractivity contribution in [2.45, 2.75) is 45.1 Å². The molecule has 6 nitrogen and oxygen atoms in total. The molecule has 1 heterocycles. The van der Waals surface area contributed by atoms with Crippen LogP contribution in [0.5, 0.6) is 5.75 Å². The molecule has 0 saturated heterocycles. The van der Waals surface area contributed by atoms with Crippen LogP contribution in [0.4, 0.5) is 5.69 Å². The van der Waals surface area contributed by atoms with E-state index in [0.717, 1.165) is 47.0 Å². The number of allylic oxidation sites excluding steroid dienone is 2. The molecule has 0 aliphatic heterocycles. The minimum atomic E-state index is -0.114. The Labute approximate surface area is 224 Å². The van der Waals surface area contributed by atoms with Gasteiger partial charge < -0.3 is 15.4 Å². The Hall–Kier alpha value is -4.11. The molecule has 0 spiro atoms. The number of fused-ring (bicyclic) bond motifs is 3. The smallest absolute Gasteiger partial charge is 0.270 e. The van der Waals surface area contributed by atoms with Gasteiger partial charge in [0, 0.05) is 29.1 Å². The number of methoxy groups -OCH3 is 1. The Balaban J connectivity index is 1.38. The summed E-state index contributed by atoms with van der Waals surface area (Å²) in [4.78, 5) is 18.0. The first-order valence-electron chi connectivity index (χ1n) is 13.4. The van der Waals surface area contributed by atoms with E-state index in [1.165, 1.54) is 12.8 Å². The molecule has 1 saturated carbocycles. The molecule has 38 heavy (non-hydrogen) atoms. The van der Waals surface area contributed by atoms with Gasteiger partial charge in [-0.3, -0.25) is 4.79 Å². The summed E-state index contributed by atoms with van der Waals surface area (Å²) in [6.45, 7) is 6.32. The van der Waals surface area contributed by atoms with Crippen molar-refractivity contribution in [3.8, 4) is 23.1 Å². The van der Waals surface area contributed by atoms with Crippen LogP contribution >= 0.6 is 0 Å². The van der Waals surface area contributed by atoms with E-state index in [-0.39, 0.29) is 11.9 Å². The van der Waals surface area contributed by atoms with Gasteiger partial charge in [0.1, 0.15) is 11.4 Å². The van der Waals surface area contributed by atoms with Crippen LogP contribution in [0.2, 0.25) is 0 Å². The molecule has 2 aromatic carbocycles. The van der Waals surface area contributed by atoms with Crippen molar-refractivity contribution in [2.24, 2.45) is 11.8 Å². The van der Waals surface area contributed by atoms with Gasteiger partial charge in [0.05, 0.1) is 24.6 Å². The molecule has 1 aromatic heterocycles. The molecule has 5 rings (SSSR count). The van der Waals surface area contributed by atoms with Crippen molar-refractivity contribution in [1.29, 1.82) is 5.26 Å². The Kier molecular flexibility index (Phi) is 7.46. The van der Waals surface area contributed by atoms with Crippen LogP contribution in [0.3, 0.4) is 0 Å². The summed E-state index contributed by atoms with van der Waals surface area (Å²) in [6, 6.07) is 17.8. The maximum absolute atomic E-state index is 13.2. The number of ether oxygens (including phenoxy) is 1. The minimum Gasteiger partial charge on any atom is -0.495 e. The Morgan fingerprint density at radius 1 is 1.18 bits per heavy atom. The summed E-state index contributed by atoms with van der Waals surface area (Å²) >= 11 is 0. The van der Waals surface area contributed by atoms with Crippen LogP contribution in [0.25, 0.3) is 22.0 Å². The Bertz CT molecular complexity index is 1450. The summed E-state index contributed by atoms with van der Waals surface area (Å²) in [5, 5.41) is 17.7. The second-order valence-electron chi connectivity index (χ2n) is 10.4. The number of nitrogens with zero attached hydrogens (tertiary/aromatic N) is 2. The monoisotopic (exact) mass is 506 g/mol. The molecule has 3 aromatic rings. The molecule has 6 heteroatoms. The van der Waals surface area contributed by atoms with E-state index in [4.69, 9.17) is 15.0 Å². The number of pyridine rings is 1. The number of carbonyl (C=O) groups excluding carboxylic acids is 1. The number of hydrogen-bond acceptors (Lipinski definition) is 5. The van der Waals surface area contributed by atoms with Crippen molar-refractivity contribution in [2.75, 3.05) is 19.0 Å². The quantitative estimate of drug-likeness (QED) is 0.264. The fourth-order valence-electron chi connectivity index (χ4n) is 5.97. The van der Waals surface area contributed by atoms with Gasteiger partial charge in [-0.15, -0.1) is 0 Å². The first-order valence-corrected chi connectivity index (χ1v) is 13.4. The van der Waals surface area contributed by atoms with E-state index in [2.05, 4.69) is 36.3 Å². The molecule has 2 aliphatic carbocycles. The zero-order chi connectivity index (χ0) is 26.6. The van der Waals surface area contributed by atoms with Gasteiger partial charge in [0.25, 0.3) is 5.91 Å². The molecule has 1 amide bonds. The SMILES string of the molecule is C=C(C#N)CNc1c(OC)ccc2ccc(-c3cccc(C(=O)NC4CC5C=C(CC)CC(C5)C4)n3)cc12. The average Bonchev–Trinajstić information content (AvgIpc) is 2.94. The van der Waals surface area contributed by atoms with Gasteiger partial charge in [-0.25, -0.2) is 4.98 Å². The van der Waals surface area contributed by atoms with Crippen LogP contribution in [-0.4, -0.2) is 30.6 Å². The number of nitriles is 1. The second-order valence-corrected chi connectivity index (χ2v) is 10.4. The maximum Gasteiger partial charge on any atom is 0.270 e. The average molecular weight is 507 g/mol. The van der Waals surface area contributed by atoms with Gasteiger partial charge in [-0.1, -0.05) is 49.4 Å². The van der Waals surface area contributed by atoms with E-state index in [1.807, 2.05) is 42.5 Å². The summed E-state index contributed by atoms with van der Waals surface area (Å²) in [5.41, 5.74) is 4.85. The number of nitrogens with one attached hydrogen (secondary N) is 2. The molecule has 2 aliphatic rings. The Morgan fingerprint density at radius 2 is 2.03 bits per heavy atom. The van der Waals surface area contributed by atoms with Crippen molar-refractivity contribution < 1.29 is 9.53 Å². The lowest BCUT2D eigenvalue weighted by molar-refractivity contribution is 0.0904. The number of anilines is 1. The highest BCUT2D eigenvalue weighted by atomic mass is 16.5. The number of amides is 1. The molecular formula is C32H34N4O2. The number of benzene rings is 2. The summed E-state index contributed by atoms with van der Waals surface area (Å²) in [5.74, 6) is 1.81. The zero-order valence-corrected chi connectivity index (χ0v) is 22.1. The Morgan fingerprint density at radius 3 is 2.79 bits per heavy atom. The number of carbonyl (C=O) groups is 1. The highest BCUT2D eigenvalue weighted by Gasteiger charge is 2.32. The lowest BCUT2D eigenvalue weighted by Gasteiger charge is -2.38. The fraction of sp³-hybridized carbons (Fsp3) is 0.344. The molecule has 2 bridgehead atoms. The fourth-order valence-corrected chi connectivity index (χ4v) is 5.97. The van der Waals surface area contributed by atoms with Gasteiger partial charge in [0.2, 0.25) is 0 Å². The third-order valence-corrected chi connectivity index (χ3v) is 7.77. The zero-order valence-electron chi connectivity index (χ0n) is 22.1. The third-order valence-electron chi connectivity index (χ3n) is 7.77. The third kappa shape index (κ3) is 5.43. The molecule has 1 fully saturated rings. The van der Waals surface area contributed by atoms with Crippen molar-refractivity contribution in [1.82, 2.24) is 10.3 Å². The van der Waals surface area contributed by atoms with E-state index in [0.29, 0.717) is 35.4 Å². The molecular weight excluding hydrogens is 472 g/mol. The van der Waals surface area contributed by atoms with E-state index in [9.17, 15) is 4.79 Å². The second kappa shape index (κ2) is 11.1. The van der Waals surface area contributed by atoms with E-state index in [1.54, 1.807) is 18.7 Å². The summed E-state index contributed by atoms with van der Waals surface area (Å²) in [7, 11) is 1.62. The largest absolute Gasteiger partial charge is 0.495 e. The predicted octanol–water partition coefficient (Wildman–Crippen LogP) is 6.66. The predicted molar refractivity (Wildman–Crippen MR) is 152 cm³/mol. The van der Waals surface area contributed by atoms with E-state index < -0.39 is 0 Å². The number of hydrogen-bond donors (Lipinski definition) is 2. The highest BCUT2D eigenvalue weighted by molar-refractivity contribution is 5.99. The summed E-state index contributed by atoms with van der Waals surface area (Å²) in [6.07, 6.45) is 8.04. The normalized spacial score (nSPS) is 20.2. The number of aromatic nitrogens is 1. The molecule has 0 radical (unpaired) electrons. The van der Waals surface area contributed by atoms with Crippen LogP contribution < -0.4 is 15.4 Å². The van der Waals surface area contributed by atoms with Gasteiger partial charge in [-0.2, -0.15) is 5.26 Å². The molecule has 2 N–H and O–H groups in total. The number of rotatable bonds is 8. The molecule has 3 unspecified atom stereocenters. The topological polar surface area (TPSA) is 87.0 Å². The lowest BCUT2D eigenvalue weighted by Crippen LogP contribution is -2.42. The highest BCUT2D eigenvalue weighted by Crippen LogP contribution is 2.40. The van der Waals surface area contributed by atoms with Crippen molar-refractivity contribution in [3.05, 3.63) is 78.0 Å². The van der Waals surface area contributed by atoms with Crippen LogP contribution in [0.1, 0.15) is 49.5 Å². The lowest BCUT2D eigenvalue weighted by atomic mass is 9.71. The molecule has 3 atom stereocenters. The first kappa shape index (κ1) is 25.5. The van der Waals surface area contributed by atoms with Crippen LogP contribution in [-0.2, 0) is 0 Å². The van der Waals surface area contributed by atoms with Crippen molar-refractivity contribution in [3.63, 3.8) is 0 Å². The summed E-state index contributed by atoms with van der Waals surface area (Å²) < 4.78 is 5.58. The van der Waals surface area contributed by atoms with Gasteiger partial charge in [0.15, 0.2) is 0 Å². The van der Waals surface area contributed by atoms with Gasteiger partial charge in [-0.05, 0) is 73.6 Å². The maximum atomic E-state index is 13.2. The van der Waals surface area contributed by atoms with Gasteiger partial charge >= 0.3 is 0 Å². The van der Waals surface area contributed by atoms with Crippen LogP contribution in [0, 0.1) is 23.2 Å². The van der Waals surface area contributed by atoms with Crippen molar-refractivity contribution >= 4 is 22.4 Å².